The Hall–Kier alpha value is -1.66. The zero-order valence-electron chi connectivity index (χ0n) is 9.14. The number of thiophene rings is 1. The van der Waals surface area contributed by atoms with E-state index in [0.29, 0.717) is 16.1 Å². The summed E-state index contributed by atoms with van der Waals surface area (Å²) in [7, 11) is 0. The van der Waals surface area contributed by atoms with Crippen LogP contribution >= 0.6 is 27.3 Å². The van der Waals surface area contributed by atoms with Crippen molar-refractivity contribution in [1.82, 2.24) is 0 Å². The van der Waals surface area contributed by atoms with Crippen molar-refractivity contribution in [3.05, 3.63) is 50.6 Å². The van der Waals surface area contributed by atoms with Gasteiger partial charge in [0.05, 0.1) is 16.1 Å². The summed E-state index contributed by atoms with van der Waals surface area (Å²) in [5.41, 5.74) is 5.95. The van der Waals surface area contributed by atoms with E-state index < -0.39 is 5.91 Å². The number of para-hydroxylation sites is 1. The lowest BCUT2D eigenvalue weighted by Gasteiger charge is -2.07. The number of carbonyl (C=O) groups is 2. The van der Waals surface area contributed by atoms with Crippen molar-refractivity contribution in [3.63, 3.8) is 0 Å². The van der Waals surface area contributed by atoms with Crippen LogP contribution in [0.25, 0.3) is 0 Å². The third kappa shape index (κ3) is 2.77. The minimum atomic E-state index is -0.571. The summed E-state index contributed by atoms with van der Waals surface area (Å²) >= 11 is 4.60. The minimum absolute atomic E-state index is 0.264. The zero-order chi connectivity index (χ0) is 13.1. The molecule has 0 aliphatic rings. The second-order valence-electron chi connectivity index (χ2n) is 3.49. The number of primary amides is 1. The van der Waals surface area contributed by atoms with E-state index in [0.717, 1.165) is 4.47 Å². The Bertz CT molecular complexity index is 610. The van der Waals surface area contributed by atoms with Crippen LogP contribution in [-0.4, -0.2) is 11.8 Å². The van der Waals surface area contributed by atoms with Crippen LogP contribution in [-0.2, 0) is 0 Å². The number of halogens is 1. The van der Waals surface area contributed by atoms with Crippen molar-refractivity contribution < 1.29 is 9.59 Å². The second-order valence-corrected chi connectivity index (χ2v) is 5.32. The van der Waals surface area contributed by atoms with Crippen molar-refractivity contribution in [3.8, 4) is 0 Å². The molecule has 0 unspecified atom stereocenters. The van der Waals surface area contributed by atoms with Crippen molar-refractivity contribution in [2.45, 2.75) is 0 Å². The van der Waals surface area contributed by atoms with Crippen molar-refractivity contribution in [1.29, 1.82) is 0 Å². The molecule has 0 spiro atoms. The standard InChI is InChI=1S/C12H9BrN2O2S/c13-7-5-10(18-6-7)12(17)15-9-4-2-1-3-8(9)11(14)16/h1-6H,(H2,14,16)(H,15,17). The van der Waals surface area contributed by atoms with E-state index in [2.05, 4.69) is 21.2 Å². The van der Waals surface area contributed by atoms with Gasteiger partial charge in [-0.25, -0.2) is 0 Å². The smallest absolute Gasteiger partial charge is 0.265 e. The minimum Gasteiger partial charge on any atom is -0.366 e. The molecule has 4 nitrogen and oxygen atoms in total. The molecule has 1 aromatic carbocycles. The van der Waals surface area contributed by atoms with Gasteiger partial charge >= 0.3 is 0 Å². The van der Waals surface area contributed by atoms with E-state index in [1.807, 2.05) is 5.38 Å². The maximum absolute atomic E-state index is 11.9. The van der Waals surface area contributed by atoms with Crippen molar-refractivity contribution >= 4 is 44.8 Å². The molecular weight excluding hydrogens is 316 g/mol. The highest BCUT2D eigenvalue weighted by molar-refractivity contribution is 9.10. The van der Waals surface area contributed by atoms with Gasteiger partial charge in [-0.15, -0.1) is 11.3 Å². The predicted molar refractivity (Wildman–Crippen MR) is 74.9 cm³/mol. The number of rotatable bonds is 3. The third-order valence-electron chi connectivity index (χ3n) is 2.23. The average Bonchev–Trinajstić information content (AvgIpc) is 2.76. The number of hydrogen-bond acceptors (Lipinski definition) is 3. The van der Waals surface area contributed by atoms with Crippen LogP contribution in [0.4, 0.5) is 5.69 Å². The molecule has 1 heterocycles. The molecule has 0 bridgehead atoms. The fraction of sp³-hybridized carbons (Fsp3) is 0. The summed E-state index contributed by atoms with van der Waals surface area (Å²) < 4.78 is 0.848. The number of carbonyl (C=O) groups excluding carboxylic acids is 2. The number of nitrogens with one attached hydrogen (secondary N) is 1. The van der Waals surface area contributed by atoms with E-state index in [4.69, 9.17) is 5.73 Å². The van der Waals surface area contributed by atoms with Gasteiger partial charge in [-0.2, -0.15) is 0 Å². The van der Waals surface area contributed by atoms with E-state index in [1.165, 1.54) is 11.3 Å². The SMILES string of the molecule is NC(=O)c1ccccc1NC(=O)c1cc(Br)cs1. The first-order valence-corrected chi connectivity index (χ1v) is 6.69. The van der Waals surface area contributed by atoms with Crippen LogP contribution in [0.2, 0.25) is 0 Å². The number of amides is 2. The molecule has 2 amide bonds. The molecule has 0 aliphatic heterocycles. The lowest BCUT2D eigenvalue weighted by molar-refractivity contribution is 0.100. The third-order valence-corrected chi connectivity index (χ3v) is 3.92. The van der Waals surface area contributed by atoms with E-state index >= 15 is 0 Å². The molecule has 18 heavy (non-hydrogen) atoms. The van der Waals surface area contributed by atoms with Gasteiger partial charge in [0.2, 0.25) is 0 Å². The Labute approximate surface area is 116 Å². The van der Waals surface area contributed by atoms with Crippen LogP contribution in [0.3, 0.4) is 0 Å². The van der Waals surface area contributed by atoms with Gasteiger partial charge in [0, 0.05) is 9.85 Å². The second kappa shape index (κ2) is 5.32. The first kappa shape index (κ1) is 12.8. The Balaban J connectivity index is 2.24. The Morgan fingerprint density at radius 3 is 2.61 bits per heavy atom. The lowest BCUT2D eigenvalue weighted by atomic mass is 10.1. The maximum Gasteiger partial charge on any atom is 0.265 e. The van der Waals surface area contributed by atoms with Gasteiger partial charge < -0.3 is 11.1 Å². The highest BCUT2D eigenvalue weighted by Crippen LogP contribution is 2.22. The van der Waals surface area contributed by atoms with Gasteiger partial charge in [-0.05, 0) is 34.1 Å². The van der Waals surface area contributed by atoms with Crippen molar-refractivity contribution in [2.75, 3.05) is 5.32 Å². The fourth-order valence-electron chi connectivity index (χ4n) is 1.42. The topological polar surface area (TPSA) is 72.2 Å². The molecule has 6 heteroatoms. The van der Waals surface area contributed by atoms with Gasteiger partial charge in [-0.3, -0.25) is 9.59 Å². The fourth-order valence-corrected chi connectivity index (χ4v) is 2.74. The Morgan fingerprint density at radius 2 is 2.00 bits per heavy atom. The summed E-state index contributed by atoms with van der Waals surface area (Å²) in [6.07, 6.45) is 0. The number of hydrogen-bond donors (Lipinski definition) is 2. The van der Waals surface area contributed by atoms with Gasteiger partial charge in [-0.1, -0.05) is 12.1 Å². The van der Waals surface area contributed by atoms with E-state index in [-0.39, 0.29) is 5.91 Å². The molecule has 0 fully saturated rings. The number of anilines is 1. The molecule has 3 N–H and O–H groups in total. The van der Waals surface area contributed by atoms with E-state index in [1.54, 1.807) is 30.3 Å². The quantitative estimate of drug-likeness (QED) is 0.911. The highest BCUT2D eigenvalue weighted by atomic mass is 79.9. The summed E-state index contributed by atoms with van der Waals surface area (Å²) in [6.45, 7) is 0. The molecule has 0 saturated heterocycles. The number of nitrogens with two attached hydrogens (primary N) is 1. The summed E-state index contributed by atoms with van der Waals surface area (Å²) in [5.74, 6) is -0.835. The van der Waals surface area contributed by atoms with Crippen LogP contribution in [0.5, 0.6) is 0 Å². The van der Waals surface area contributed by atoms with Gasteiger partial charge in [0.15, 0.2) is 0 Å². The molecule has 0 atom stereocenters. The van der Waals surface area contributed by atoms with Crippen LogP contribution in [0, 0.1) is 0 Å². The average molecular weight is 325 g/mol. The monoisotopic (exact) mass is 324 g/mol. The maximum atomic E-state index is 11.9. The summed E-state index contributed by atoms with van der Waals surface area (Å²) in [6, 6.07) is 8.35. The molecular formula is C12H9BrN2O2S. The molecule has 1 aromatic heterocycles. The molecule has 0 radical (unpaired) electrons. The van der Waals surface area contributed by atoms with Crippen molar-refractivity contribution in [2.24, 2.45) is 5.73 Å². The Morgan fingerprint density at radius 1 is 1.28 bits per heavy atom. The van der Waals surface area contributed by atoms with Crippen LogP contribution < -0.4 is 11.1 Å². The van der Waals surface area contributed by atoms with Gasteiger partial charge in [0.25, 0.3) is 11.8 Å². The Kier molecular flexibility index (Phi) is 3.78. The number of benzene rings is 1. The lowest BCUT2D eigenvalue weighted by Crippen LogP contribution is -2.17. The largest absolute Gasteiger partial charge is 0.366 e. The molecule has 92 valence electrons. The highest BCUT2D eigenvalue weighted by Gasteiger charge is 2.12. The van der Waals surface area contributed by atoms with E-state index in [9.17, 15) is 9.59 Å². The molecule has 0 aliphatic carbocycles. The van der Waals surface area contributed by atoms with Crippen LogP contribution in [0.15, 0.2) is 40.2 Å². The van der Waals surface area contributed by atoms with Crippen LogP contribution in [0.1, 0.15) is 20.0 Å². The first-order valence-electron chi connectivity index (χ1n) is 5.02. The molecule has 0 saturated carbocycles. The summed E-state index contributed by atoms with van der Waals surface area (Å²) in [4.78, 5) is 23.7. The summed E-state index contributed by atoms with van der Waals surface area (Å²) in [5, 5.41) is 4.49. The molecule has 2 aromatic rings. The van der Waals surface area contributed by atoms with Gasteiger partial charge in [0.1, 0.15) is 0 Å². The molecule has 2 rings (SSSR count). The predicted octanol–water partition coefficient (Wildman–Crippen LogP) is 2.86. The first-order chi connectivity index (χ1) is 8.58. The zero-order valence-corrected chi connectivity index (χ0v) is 11.5. The normalized spacial score (nSPS) is 10.1.